The molecule has 124 valence electrons. The maximum absolute atomic E-state index is 13.0. The molecule has 2 heterocycles. The number of likely N-dealkylation sites (tertiary alicyclic amines) is 1. The summed E-state index contributed by atoms with van der Waals surface area (Å²) in [5.74, 6) is 0.590. The summed E-state index contributed by atoms with van der Waals surface area (Å²) in [7, 11) is 1.61. The third kappa shape index (κ3) is 3.72. The number of hydrogen-bond acceptors (Lipinski definition) is 5. The highest BCUT2D eigenvalue weighted by Gasteiger charge is 2.32. The summed E-state index contributed by atoms with van der Waals surface area (Å²) >= 11 is 5.97. The largest absolute Gasteiger partial charge is 0.387 e. The Balaban J connectivity index is 1.53. The third-order valence-electron chi connectivity index (χ3n) is 3.99. The Bertz CT molecular complexity index is 673. The Morgan fingerprint density at radius 3 is 2.96 bits per heavy atom. The maximum Gasteiger partial charge on any atom is 0.162 e. The third-order valence-corrected chi connectivity index (χ3v) is 4.32. The van der Waals surface area contributed by atoms with E-state index in [2.05, 4.69) is 10.1 Å². The number of aromatic nitrogens is 1. The van der Waals surface area contributed by atoms with Crippen molar-refractivity contribution in [3.8, 4) is 0 Å². The van der Waals surface area contributed by atoms with E-state index in [9.17, 15) is 9.50 Å². The molecule has 7 heteroatoms. The van der Waals surface area contributed by atoms with Crippen LogP contribution in [0.4, 0.5) is 4.39 Å². The SMILES string of the molecule is COCc1cc(C2CN(CC(O)c3ccc(F)cc3Cl)C2)no1. The van der Waals surface area contributed by atoms with Gasteiger partial charge in [0.1, 0.15) is 12.4 Å². The first kappa shape index (κ1) is 16.4. The van der Waals surface area contributed by atoms with Crippen LogP contribution in [0, 0.1) is 5.82 Å². The van der Waals surface area contributed by atoms with Crippen LogP contribution in [0.5, 0.6) is 0 Å². The number of β-amino-alcohol motifs (C(OH)–C–C–N with tert-alkyl or cyclic N) is 1. The molecule has 1 unspecified atom stereocenters. The second kappa shape index (κ2) is 6.97. The van der Waals surface area contributed by atoms with Gasteiger partial charge >= 0.3 is 0 Å². The molecule has 0 bridgehead atoms. The summed E-state index contributed by atoms with van der Waals surface area (Å²) in [4.78, 5) is 2.10. The van der Waals surface area contributed by atoms with Crippen LogP contribution in [0.1, 0.15) is 29.0 Å². The summed E-state index contributed by atoms with van der Waals surface area (Å²) in [6.07, 6.45) is -0.745. The summed E-state index contributed by atoms with van der Waals surface area (Å²) < 4.78 is 23.2. The van der Waals surface area contributed by atoms with E-state index in [1.165, 1.54) is 18.2 Å². The Hall–Kier alpha value is -1.47. The molecule has 1 atom stereocenters. The van der Waals surface area contributed by atoms with Gasteiger partial charge in [0.15, 0.2) is 5.76 Å². The lowest BCUT2D eigenvalue weighted by Crippen LogP contribution is -2.46. The van der Waals surface area contributed by atoms with Crippen molar-refractivity contribution < 1.29 is 18.8 Å². The van der Waals surface area contributed by atoms with Gasteiger partial charge in [-0.1, -0.05) is 22.8 Å². The molecule has 0 amide bonds. The van der Waals surface area contributed by atoms with E-state index in [1.807, 2.05) is 6.07 Å². The molecule has 2 aromatic rings. The Labute approximate surface area is 138 Å². The molecule has 1 fully saturated rings. The number of rotatable bonds is 6. The summed E-state index contributed by atoms with van der Waals surface area (Å²) in [5, 5.41) is 14.6. The lowest BCUT2D eigenvalue weighted by molar-refractivity contribution is 0.0626. The van der Waals surface area contributed by atoms with Gasteiger partial charge < -0.3 is 14.4 Å². The molecule has 5 nitrogen and oxygen atoms in total. The molecule has 0 saturated carbocycles. The first-order valence-corrected chi connectivity index (χ1v) is 7.74. The number of halogens is 2. The number of ether oxygens (including phenoxy) is 1. The average molecular weight is 341 g/mol. The molecular weight excluding hydrogens is 323 g/mol. The van der Waals surface area contributed by atoms with Gasteiger partial charge in [0.05, 0.1) is 11.8 Å². The second-order valence-corrected chi connectivity index (χ2v) is 6.16. The van der Waals surface area contributed by atoms with Gasteiger partial charge in [-0.25, -0.2) is 4.39 Å². The van der Waals surface area contributed by atoms with Crippen LogP contribution in [0.25, 0.3) is 0 Å². The van der Waals surface area contributed by atoms with Gasteiger partial charge in [-0.3, -0.25) is 4.90 Å². The molecule has 0 radical (unpaired) electrons. The highest BCUT2D eigenvalue weighted by Crippen LogP contribution is 2.30. The highest BCUT2D eigenvalue weighted by atomic mass is 35.5. The fourth-order valence-electron chi connectivity index (χ4n) is 2.75. The van der Waals surface area contributed by atoms with Gasteiger partial charge in [-0.2, -0.15) is 0 Å². The highest BCUT2D eigenvalue weighted by molar-refractivity contribution is 6.31. The topological polar surface area (TPSA) is 58.7 Å². The number of nitrogens with zero attached hydrogens (tertiary/aromatic N) is 2. The fraction of sp³-hybridized carbons (Fsp3) is 0.438. The first-order valence-electron chi connectivity index (χ1n) is 7.36. The van der Waals surface area contributed by atoms with E-state index in [1.54, 1.807) is 7.11 Å². The van der Waals surface area contributed by atoms with Crippen molar-refractivity contribution in [3.05, 3.63) is 52.1 Å². The van der Waals surface area contributed by atoms with Crippen LogP contribution < -0.4 is 0 Å². The standard InChI is InChI=1S/C16H18ClFN2O3/c1-22-9-12-5-15(19-23-12)10-6-20(7-10)8-16(21)13-3-2-11(18)4-14(13)17/h2-5,10,16,21H,6-9H2,1H3. The van der Waals surface area contributed by atoms with E-state index in [0.717, 1.165) is 18.8 Å². The Morgan fingerprint density at radius 1 is 1.48 bits per heavy atom. The van der Waals surface area contributed by atoms with Crippen molar-refractivity contribution in [3.63, 3.8) is 0 Å². The molecule has 3 rings (SSSR count). The lowest BCUT2D eigenvalue weighted by Gasteiger charge is -2.39. The van der Waals surface area contributed by atoms with Crippen molar-refractivity contribution in [2.45, 2.75) is 18.6 Å². The van der Waals surface area contributed by atoms with Crippen molar-refractivity contribution in [2.75, 3.05) is 26.7 Å². The van der Waals surface area contributed by atoms with Crippen molar-refractivity contribution in [1.29, 1.82) is 0 Å². The molecular formula is C16H18ClFN2O3. The van der Waals surface area contributed by atoms with Gasteiger partial charge in [0.2, 0.25) is 0 Å². The van der Waals surface area contributed by atoms with E-state index in [-0.39, 0.29) is 5.02 Å². The first-order chi connectivity index (χ1) is 11.1. The molecule has 1 aliphatic rings. The second-order valence-electron chi connectivity index (χ2n) is 5.75. The van der Waals surface area contributed by atoms with Gasteiger partial charge in [-0.15, -0.1) is 0 Å². The normalized spacial score (nSPS) is 17.2. The molecule has 1 aromatic heterocycles. The average Bonchev–Trinajstić information content (AvgIpc) is 2.90. The molecule has 1 saturated heterocycles. The Morgan fingerprint density at radius 2 is 2.26 bits per heavy atom. The molecule has 23 heavy (non-hydrogen) atoms. The van der Waals surface area contributed by atoms with Crippen molar-refractivity contribution in [2.24, 2.45) is 0 Å². The zero-order chi connectivity index (χ0) is 16.4. The van der Waals surface area contributed by atoms with Crippen LogP contribution >= 0.6 is 11.6 Å². The molecule has 1 aliphatic heterocycles. The smallest absolute Gasteiger partial charge is 0.162 e. The molecule has 0 spiro atoms. The monoisotopic (exact) mass is 340 g/mol. The Kier molecular flexibility index (Phi) is 4.96. The summed E-state index contributed by atoms with van der Waals surface area (Å²) in [5.41, 5.74) is 1.45. The maximum atomic E-state index is 13.0. The minimum atomic E-state index is -0.745. The quantitative estimate of drug-likeness (QED) is 0.876. The lowest BCUT2D eigenvalue weighted by atomic mass is 9.95. The molecule has 1 N–H and O–H groups in total. The van der Waals surface area contributed by atoms with E-state index in [0.29, 0.717) is 30.4 Å². The van der Waals surface area contributed by atoms with Crippen LogP contribution in [-0.2, 0) is 11.3 Å². The minimum Gasteiger partial charge on any atom is -0.387 e. The predicted octanol–water partition coefficient (Wildman–Crippen LogP) is 2.75. The number of hydrogen-bond donors (Lipinski definition) is 1. The number of aliphatic hydroxyl groups excluding tert-OH is 1. The van der Waals surface area contributed by atoms with Crippen LogP contribution in [0.15, 0.2) is 28.8 Å². The van der Waals surface area contributed by atoms with Crippen LogP contribution in [0.2, 0.25) is 5.02 Å². The van der Waals surface area contributed by atoms with Gasteiger partial charge in [0.25, 0.3) is 0 Å². The van der Waals surface area contributed by atoms with Crippen LogP contribution in [-0.4, -0.2) is 41.9 Å². The fourth-order valence-corrected chi connectivity index (χ4v) is 3.05. The zero-order valence-electron chi connectivity index (χ0n) is 12.7. The minimum absolute atomic E-state index is 0.246. The molecule has 0 aliphatic carbocycles. The summed E-state index contributed by atoms with van der Waals surface area (Å²) in [6.45, 7) is 2.43. The van der Waals surface area contributed by atoms with Gasteiger partial charge in [-0.05, 0) is 12.1 Å². The molecule has 1 aromatic carbocycles. The van der Waals surface area contributed by atoms with Crippen LogP contribution in [0.3, 0.4) is 0 Å². The predicted molar refractivity (Wildman–Crippen MR) is 82.8 cm³/mol. The van der Waals surface area contributed by atoms with Crippen molar-refractivity contribution >= 4 is 11.6 Å². The zero-order valence-corrected chi connectivity index (χ0v) is 13.5. The number of methoxy groups -OCH3 is 1. The van der Waals surface area contributed by atoms with E-state index >= 15 is 0 Å². The van der Waals surface area contributed by atoms with Crippen molar-refractivity contribution in [1.82, 2.24) is 10.1 Å². The summed E-state index contributed by atoms with van der Waals surface area (Å²) in [6, 6.07) is 5.94. The number of aliphatic hydroxyl groups is 1. The number of benzene rings is 1. The van der Waals surface area contributed by atoms with E-state index < -0.39 is 11.9 Å². The van der Waals surface area contributed by atoms with E-state index in [4.69, 9.17) is 20.9 Å². The van der Waals surface area contributed by atoms with Gasteiger partial charge in [0, 0.05) is 49.3 Å².